The van der Waals surface area contributed by atoms with Gasteiger partial charge in [-0.05, 0) is 56.2 Å². The smallest absolute Gasteiger partial charge is 0.275 e. The molecule has 5 rings (SSSR count). The summed E-state index contributed by atoms with van der Waals surface area (Å²) in [4.78, 5) is 41.5. The fourth-order valence-corrected chi connectivity index (χ4v) is 5.62. The van der Waals surface area contributed by atoms with Gasteiger partial charge in [0.15, 0.2) is 11.4 Å². The highest BCUT2D eigenvalue weighted by Gasteiger charge is 2.46. The first kappa shape index (κ1) is 20.7. The molecule has 4 atom stereocenters. The molecule has 0 radical (unpaired) electrons. The summed E-state index contributed by atoms with van der Waals surface area (Å²) >= 11 is 0. The van der Waals surface area contributed by atoms with Gasteiger partial charge in [0, 0.05) is 18.8 Å². The van der Waals surface area contributed by atoms with Crippen LogP contribution in [-0.4, -0.2) is 40.5 Å². The van der Waals surface area contributed by atoms with Gasteiger partial charge >= 0.3 is 0 Å². The van der Waals surface area contributed by atoms with Crippen molar-refractivity contribution >= 4 is 11.8 Å². The fraction of sp³-hybridized carbons (Fsp3) is 0.458. The topological polar surface area (TPSA) is 80.6 Å². The van der Waals surface area contributed by atoms with E-state index in [9.17, 15) is 18.8 Å². The average Bonchev–Trinajstić information content (AvgIpc) is 3.15. The lowest BCUT2D eigenvalue weighted by molar-refractivity contribution is 0.0339. The van der Waals surface area contributed by atoms with Gasteiger partial charge in [0.05, 0.1) is 19.2 Å². The number of rotatable bonds is 4. The van der Waals surface area contributed by atoms with E-state index in [1.807, 2.05) is 4.90 Å². The Morgan fingerprint density at radius 2 is 1.88 bits per heavy atom. The van der Waals surface area contributed by atoms with Gasteiger partial charge in [0.25, 0.3) is 11.8 Å². The van der Waals surface area contributed by atoms with Crippen molar-refractivity contribution in [3.63, 3.8) is 0 Å². The lowest BCUT2D eigenvalue weighted by Gasteiger charge is -2.45. The van der Waals surface area contributed by atoms with Crippen LogP contribution in [0.4, 0.5) is 4.39 Å². The zero-order valence-corrected chi connectivity index (χ0v) is 18.1. The third-order valence-electron chi connectivity index (χ3n) is 7.15. The van der Waals surface area contributed by atoms with E-state index in [2.05, 4.69) is 5.32 Å². The van der Waals surface area contributed by atoms with Crippen molar-refractivity contribution in [3.8, 4) is 5.75 Å². The number of pyridine rings is 1. The van der Waals surface area contributed by atoms with Crippen LogP contribution < -0.4 is 15.5 Å². The highest BCUT2D eigenvalue weighted by atomic mass is 19.1. The van der Waals surface area contributed by atoms with Gasteiger partial charge < -0.3 is 19.5 Å². The minimum Gasteiger partial charge on any atom is -0.491 e. The summed E-state index contributed by atoms with van der Waals surface area (Å²) in [6.07, 6.45) is 5.58. The van der Waals surface area contributed by atoms with Crippen LogP contribution in [0.5, 0.6) is 5.75 Å². The largest absolute Gasteiger partial charge is 0.491 e. The van der Waals surface area contributed by atoms with E-state index in [1.165, 1.54) is 25.4 Å². The molecule has 1 N–H and O–H groups in total. The van der Waals surface area contributed by atoms with Crippen LogP contribution in [-0.2, 0) is 6.54 Å². The number of halogens is 1. The molecule has 3 aliphatic rings. The molecule has 1 aromatic carbocycles. The molecule has 2 aromatic rings. The molecule has 1 saturated heterocycles. The molecule has 2 aliphatic heterocycles. The summed E-state index contributed by atoms with van der Waals surface area (Å²) < 4.78 is 20.3. The standard InChI is InChI=1S/C24H26FN3O4/c1-13(15-4-6-16(25)7-5-15)26-23(30)19-12-27-11-18-10-14-3-8-17(9-14)28(18)24(31)20(27)22(32-2)21(19)29/h4-7,12-14,17-18H,3,8-11H2,1-2H3,(H,26,30)/t13-,14+,17-,18+/m0/s1. The fourth-order valence-electron chi connectivity index (χ4n) is 5.62. The summed E-state index contributed by atoms with van der Waals surface area (Å²) in [6, 6.07) is 5.69. The first-order chi connectivity index (χ1) is 15.4. The lowest BCUT2D eigenvalue weighted by atomic mass is 9.90. The zero-order chi connectivity index (χ0) is 22.6. The molecule has 7 nitrogen and oxygen atoms in total. The van der Waals surface area contributed by atoms with Crippen molar-refractivity contribution < 1.29 is 18.7 Å². The highest BCUT2D eigenvalue weighted by molar-refractivity contribution is 5.99. The minimum absolute atomic E-state index is 0.0698. The normalized spacial score (nSPS) is 24.5. The number of amides is 2. The van der Waals surface area contributed by atoms with E-state index in [0.717, 1.165) is 25.7 Å². The third-order valence-corrected chi connectivity index (χ3v) is 7.15. The molecular weight excluding hydrogens is 413 g/mol. The molecule has 168 valence electrons. The molecule has 2 bridgehead atoms. The number of hydrogen-bond donors (Lipinski definition) is 1. The second-order valence-corrected chi connectivity index (χ2v) is 9.09. The Kier molecular flexibility index (Phi) is 5.03. The number of nitrogens with one attached hydrogen (secondary N) is 1. The zero-order valence-electron chi connectivity index (χ0n) is 18.1. The molecule has 2 fully saturated rings. The van der Waals surface area contributed by atoms with Gasteiger partial charge in [0.2, 0.25) is 5.43 Å². The monoisotopic (exact) mass is 439 g/mol. The molecule has 8 heteroatoms. The van der Waals surface area contributed by atoms with Crippen molar-refractivity contribution in [2.45, 2.75) is 57.3 Å². The van der Waals surface area contributed by atoms with Crippen LogP contribution in [0.1, 0.15) is 65.1 Å². The summed E-state index contributed by atoms with van der Waals surface area (Å²) in [5.74, 6) is -0.558. The number of carbonyl (C=O) groups excluding carboxylic acids is 2. The van der Waals surface area contributed by atoms with Crippen molar-refractivity contribution in [3.05, 3.63) is 63.3 Å². The number of hydrogen-bond acceptors (Lipinski definition) is 4. The SMILES string of the molecule is COc1c2n(cc(C(=O)N[C@@H](C)c3ccc(F)cc3)c1=O)C[C@H]1C[C@@H]3CC[C@@H](C3)N1C2=O. The van der Waals surface area contributed by atoms with Crippen LogP contribution in [0, 0.1) is 11.7 Å². The Hall–Kier alpha value is -3.16. The summed E-state index contributed by atoms with van der Waals surface area (Å²) in [5, 5.41) is 2.80. The molecule has 1 aliphatic carbocycles. The predicted octanol–water partition coefficient (Wildman–Crippen LogP) is 2.88. The van der Waals surface area contributed by atoms with Gasteiger partial charge in [-0.3, -0.25) is 14.4 Å². The number of ether oxygens (including phenoxy) is 1. The van der Waals surface area contributed by atoms with Crippen LogP contribution in [0.3, 0.4) is 0 Å². The van der Waals surface area contributed by atoms with Crippen molar-refractivity contribution in [1.29, 1.82) is 0 Å². The minimum atomic E-state index is -0.601. The number of piperidine rings is 1. The van der Waals surface area contributed by atoms with Crippen LogP contribution in [0.15, 0.2) is 35.3 Å². The molecule has 1 aromatic heterocycles. The summed E-state index contributed by atoms with van der Waals surface area (Å²) in [6.45, 7) is 2.30. The molecule has 3 heterocycles. The van der Waals surface area contributed by atoms with E-state index in [1.54, 1.807) is 23.6 Å². The van der Waals surface area contributed by atoms with E-state index in [0.29, 0.717) is 18.0 Å². The van der Waals surface area contributed by atoms with Gasteiger partial charge in [-0.25, -0.2) is 4.39 Å². The van der Waals surface area contributed by atoms with Crippen LogP contribution >= 0.6 is 0 Å². The average molecular weight is 439 g/mol. The summed E-state index contributed by atoms with van der Waals surface area (Å²) in [7, 11) is 1.35. The highest BCUT2D eigenvalue weighted by Crippen LogP contribution is 2.43. The van der Waals surface area contributed by atoms with E-state index < -0.39 is 17.4 Å². The quantitative estimate of drug-likeness (QED) is 0.795. The Morgan fingerprint density at radius 3 is 2.59 bits per heavy atom. The Morgan fingerprint density at radius 1 is 1.16 bits per heavy atom. The Labute approximate surface area is 185 Å². The van der Waals surface area contributed by atoms with Crippen molar-refractivity contribution in [1.82, 2.24) is 14.8 Å². The van der Waals surface area contributed by atoms with E-state index in [4.69, 9.17) is 4.74 Å². The molecule has 1 saturated carbocycles. The first-order valence-corrected chi connectivity index (χ1v) is 11.1. The number of carbonyl (C=O) groups is 2. The Balaban J connectivity index is 1.48. The maximum absolute atomic E-state index is 13.4. The van der Waals surface area contributed by atoms with Gasteiger partial charge in [-0.15, -0.1) is 0 Å². The van der Waals surface area contributed by atoms with Crippen molar-refractivity contribution in [2.75, 3.05) is 7.11 Å². The first-order valence-electron chi connectivity index (χ1n) is 11.1. The van der Waals surface area contributed by atoms with Gasteiger partial charge in [0.1, 0.15) is 11.4 Å². The van der Waals surface area contributed by atoms with Gasteiger partial charge in [-0.2, -0.15) is 0 Å². The lowest BCUT2D eigenvalue weighted by Crippen LogP contribution is -2.55. The van der Waals surface area contributed by atoms with Gasteiger partial charge in [-0.1, -0.05) is 12.1 Å². The van der Waals surface area contributed by atoms with E-state index in [-0.39, 0.29) is 40.8 Å². The number of fused-ring (bicyclic) bond motifs is 5. The van der Waals surface area contributed by atoms with E-state index >= 15 is 0 Å². The second-order valence-electron chi connectivity index (χ2n) is 9.09. The molecule has 32 heavy (non-hydrogen) atoms. The second kappa shape index (κ2) is 7.76. The third kappa shape index (κ3) is 3.29. The van der Waals surface area contributed by atoms with Crippen LogP contribution in [0.25, 0.3) is 0 Å². The number of aromatic nitrogens is 1. The summed E-state index contributed by atoms with van der Waals surface area (Å²) in [5.41, 5.74) is 0.269. The maximum Gasteiger partial charge on any atom is 0.275 e. The molecule has 0 unspecified atom stereocenters. The molecule has 0 spiro atoms. The number of nitrogens with zero attached hydrogens (tertiary/aromatic N) is 2. The number of benzene rings is 1. The predicted molar refractivity (Wildman–Crippen MR) is 115 cm³/mol. The van der Waals surface area contributed by atoms with Crippen LogP contribution in [0.2, 0.25) is 0 Å². The van der Waals surface area contributed by atoms with Crippen molar-refractivity contribution in [2.24, 2.45) is 5.92 Å². The molecule has 2 amide bonds. The Bertz CT molecular complexity index is 1140. The maximum atomic E-state index is 13.4. The molecular formula is C24H26FN3O4. The number of methoxy groups -OCH3 is 1.